The standard InChI is InChI=1S/C26H26N2.C7H8.C2H6/c1-5-15-25-23(7-3)28(22-19-13-10-14-20-22)26(16-6-2)24(8-4)27(25)21-17-11-9-12-18-21;1-7-5-3-2-4-6-7;1-2/h5-20H,1,4H2,2-3H3;2-6H,1H3;1-2H3/b16-6-,23-7+,25-15+;;. The molecule has 0 radical (unpaired) electrons. The average molecular weight is 489 g/mol. The van der Waals surface area contributed by atoms with E-state index in [1.807, 2.05) is 69.3 Å². The van der Waals surface area contributed by atoms with Gasteiger partial charge in [0.1, 0.15) is 0 Å². The zero-order valence-electron chi connectivity index (χ0n) is 22.9. The summed E-state index contributed by atoms with van der Waals surface area (Å²) in [5.41, 5.74) is 7.74. The van der Waals surface area contributed by atoms with E-state index >= 15 is 0 Å². The van der Waals surface area contributed by atoms with Gasteiger partial charge in [-0.15, -0.1) is 0 Å². The SMILES string of the molecule is C=C/C=C1\C(=C/C)N(c2ccccc2)C(/C=C\C)=C(C=C)N1c1ccccc1.CC.Cc1ccccc1. The lowest BCUT2D eigenvalue weighted by molar-refractivity contribution is 0.952. The minimum Gasteiger partial charge on any atom is -0.307 e. The molecule has 2 heteroatoms. The molecule has 4 rings (SSSR count). The molecule has 0 aromatic heterocycles. The van der Waals surface area contributed by atoms with Crippen LogP contribution in [-0.4, -0.2) is 0 Å². The zero-order valence-corrected chi connectivity index (χ0v) is 22.9. The van der Waals surface area contributed by atoms with Crippen LogP contribution >= 0.6 is 0 Å². The maximum Gasteiger partial charge on any atom is 0.0699 e. The molecule has 0 N–H and O–H groups in total. The Kier molecular flexibility index (Phi) is 12.2. The first-order chi connectivity index (χ1) is 18.2. The van der Waals surface area contributed by atoms with Crippen molar-refractivity contribution in [1.82, 2.24) is 0 Å². The summed E-state index contributed by atoms with van der Waals surface area (Å²) in [4.78, 5) is 4.50. The van der Waals surface area contributed by atoms with Crippen LogP contribution in [0.2, 0.25) is 0 Å². The van der Waals surface area contributed by atoms with E-state index in [1.165, 1.54) is 5.56 Å². The molecular formula is C35H40N2. The maximum atomic E-state index is 4.13. The predicted molar refractivity (Wildman–Crippen MR) is 164 cm³/mol. The van der Waals surface area contributed by atoms with E-state index in [1.54, 1.807) is 0 Å². The molecule has 0 aliphatic carbocycles. The second-order valence-corrected chi connectivity index (χ2v) is 7.93. The van der Waals surface area contributed by atoms with E-state index in [0.29, 0.717) is 0 Å². The monoisotopic (exact) mass is 488 g/mol. The highest BCUT2D eigenvalue weighted by Crippen LogP contribution is 2.41. The second kappa shape index (κ2) is 15.6. The van der Waals surface area contributed by atoms with Gasteiger partial charge < -0.3 is 9.80 Å². The van der Waals surface area contributed by atoms with Gasteiger partial charge in [-0.05, 0) is 63.3 Å². The summed E-state index contributed by atoms with van der Waals surface area (Å²) < 4.78 is 0. The number of benzene rings is 3. The number of para-hydroxylation sites is 2. The van der Waals surface area contributed by atoms with Crippen molar-refractivity contribution in [1.29, 1.82) is 0 Å². The molecule has 0 spiro atoms. The van der Waals surface area contributed by atoms with Gasteiger partial charge in [-0.25, -0.2) is 0 Å². The van der Waals surface area contributed by atoms with Crippen LogP contribution in [0.25, 0.3) is 0 Å². The van der Waals surface area contributed by atoms with Crippen LogP contribution in [0, 0.1) is 6.92 Å². The number of hydrogen-bond acceptors (Lipinski definition) is 2. The molecule has 1 aliphatic heterocycles. The fourth-order valence-electron chi connectivity index (χ4n) is 4.02. The molecule has 1 aliphatic rings. The highest BCUT2D eigenvalue weighted by Gasteiger charge is 2.32. The normalized spacial score (nSPS) is 15.2. The van der Waals surface area contributed by atoms with E-state index in [9.17, 15) is 0 Å². The van der Waals surface area contributed by atoms with Crippen LogP contribution in [0.3, 0.4) is 0 Å². The lowest BCUT2D eigenvalue weighted by Gasteiger charge is -2.42. The quantitative estimate of drug-likeness (QED) is 0.352. The van der Waals surface area contributed by atoms with Gasteiger partial charge in [-0.2, -0.15) is 0 Å². The van der Waals surface area contributed by atoms with Crippen LogP contribution in [0.15, 0.2) is 163 Å². The van der Waals surface area contributed by atoms with Gasteiger partial charge >= 0.3 is 0 Å². The topological polar surface area (TPSA) is 6.48 Å². The molecule has 2 nitrogen and oxygen atoms in total. The second-order valence-electron chi connectivity index (χ2n) is 7.93. The summed E-state index contributed by atoms with van der Waals surface area (Å²) in [6.45, 7) is 18.3. The highest BCUT2D eigenvalue weighted by atomic mass is 15.3. The summed E-state index contributed by atoms with van der Waals surface area (Å²) in [6.07, 6.45) is 12.1. The molecule has 3 aromatic carbocycles. The summed E-state index contributed by atoms with van der Waals surface area (Å²) in [5.74, 6) is 0. The van der Waals surface area contributed by atoms with Gasteiger partial charge in [0.2, 0.25) is 0 Å². The fourth-order valence-corrected chi connectivity index (χ4v) is 4.02. The van der Waals surface area contributed by atoms with Gasteiger partial charge in [-0.3, -0.25) is 0 Å². The Morgan fingerprint density at radius 3 is 1.43 bits per heavy atom. The predicted octanol–water partition coefficient (Wildman–Crippen LogP) is 9.98. The first-order valence-corrected chi connectivity index (χ1v) is 12.9. The minimum atomic E-state index is 1.02. The van der Waals surface area contributed by atoms with Crippen molar-refractivity contribution in [2.24, 2.45) is 0 Å². The van der Waals surface area contributed by atoms with E-state index in [-0.39, 0.29) is 0 Å². The van der Waals surface area contributed by atoms with Crippen molar-refractivity contribution in [3.63, 3.8) is 0 Å². The molecule has 0 bridgehead atoms. The molecule has 0 unspecified atom stereocenters. The van der Waals surface area contributed by atoms with Crippen LogP contribution in [0.1, 0.15) is 33.3 Å². The summed E-state index contributed by atoms with van der Waals surface area (Å²) in [6, 6.07) is 31.0. The van der Waals surface area contributed by atoms with Crippen LogP contribution in [-0.2, 0) is 0 Å². The van der Waals surface area contributed by atoms with Crippen molar-refractivity contribution < 1.29 is 0 Å². The van der Waals surface area contributed by atoms with Gasteiger partial charge in [0.25, 0.3) is 0 Å². The van der Waals surface area contributed by atoms with E-state index in [0.717, 1.165) is 34.2 Å². The molecule has 0 fully saturated rings. The molecular weight excluding hydrogens is 448 g/mol. The van der Waals surface area contributed by atoms with Gasteiger partial charge in [0.15, 0.2) is 0 Å². The molecule has 0 atom stereocenters. The van der Waals surface area contributed by atoms with E-state index < -0.39 is 0 Å². The third-order valence-electron chi connectivity index (χ3n) is 5.52. The number of nitrogens with zero attached hydrogens (tertiary/aromatic N) is 2. The number of aryl methyl sites for hydroxylation is 1. The summed E-state index contributed by atoms with van der Waals surface area (Å²) >= 11 is 0. The van der Waals surface area contributed by atoms with Crippen LogP contribution in [0.4, 0.5) is 11.4 Å². The molecule has 190 valence electrons. The van der Waals surface area contributed by atoms with Crippen molar-refractivity contribution in [3.05, 3.63) is 169 Å². The Bertz CT molecular complexity index is 1230. The zero-order chi connectivity index (χ0) is 27.0. The van der Waals surface area contributed by atoms with Crippen molar-refractivity contribution >= 4 is 11.4 Å². The first kappa shape index (κ1) is 28.9. The van der Waals surface area contributed by atoms with Crippen molar-refractivity contribution in [2.45, 2.75) is 34.6 Å². The molecule has 0 saturated heterocycles. The number of hydrogen-bond donors (Lipinski definition) is 0. The van der Waals surface area contributed by atoms with E-state index in [4.69, 9.17) is 0 Å². The third-order valence-corrected chi connectivity index (χ3v) is 5.52. The smallest absolute Gasteiger partial charge is 0.0699 e. The third kappa shape index (κ3) is 7.35. The van der Waals surface area contributed by atoms with Crippen LogP contribution in [0.5, 0.6) is 0 Å². The van der Waals surface area contributed by atoms with Crippen LogP contribution < -0.4 is 9.80 Å². The summed E-state index contributed by atoms with van der Waals surface area (Å²) in [5, 5.41) is 0. The first-order valence-electron chi connectivity index (χ1n) is 12.9. The number of rotatable bonds is 5. The van der Waals surface area contributed by atoms with Gasteiger partial charge in [0.05, 0.1) is 22.8 Å². The van der Waals surface area contributed by atoms with E-state index in [2.05, 4.69) is 116 Å². The summed E-state index contributed by atoms with van der Waals surface area (Å²) in [7, 11) is 0. The Balaban J connectivity index is 0.000000455. The molecule has 1 heterocycles. The van der Waals surface area contributed by atoms with Gasteiger partial charge in [-0.1, -0.05) is 118 Å². The Labute approximate surface area is 224 Å². The minimum absolute atomic E-state index is 1.02. The largest absolute Gasteiger partial charge is 0.307 e. The number of anilines is 2. The lowest BCUT2D eigenvalue weighted by Crippen LogP contribution is -2.38. The Morgan fingerprint density at radius 2 is 1.08 bits per heavy atom. The van der Waals surface area contributed by atoms with Crippen molar-refractivity contribution in [3.8, 4) is 0 Å². The molecule has 37 heavy (non-hydrogen) atoms. The Hall–Kier alpha value is -4.30. The lowest BCUT2D eigenvalue weighted by atomic mass is 10.0. The Morgan fingerprint density at radius 1 is 0.622 bits per heavy atom. The molecule has 3 aromatic rings. The average Bonchev–Trinajstić information content (AvgIpc) is 2.96. The van der Waals surface area contributed by atoms with Gasteiger partial charge in [0, 0.05) is 11.4 Å². The molecule has 0 saturated carbocycles. The maximum absolute atomic E-state index is 4.13. The number of allylic oxidation sites excluding steroid dienone is 6. The molecule has 0 amide bonds. The highest BCUT2D eigenvalue weighted by molar-refractivity contribution is 5.78. The fraction of sp³-hybridized carbons (Fsp3) is 0.143. The van der Waals surface area contributed by atoms with Crippen molar-refractivity contribution in [2.75, 3.05) is 9.80 Å².